The average molecular weight is 318 g/mol. The highest BCUT2D eigenvalue weighted by Gasteiger charge is 2.22. The molecule has 0 aliphatic carbocycles. The lowest BCUT2D eigenvalue weighted by atomic mass is 9.96. The van der Waals surface area contributed by atoms with Gasteiger partial charge in [-0.2, -0.15) is 0 Å². The van der Waals surface area contributed by atoms with Crippen LogP contribution in [-0.4, -0.2) is 42.1 Å². The molecule has 1 aliphatic rings. The number of carbonyl (C=O) groups is 1. The lowest BCUT2D eigenvalue weighted by Gasteiger charge is -2.32. The maximum Gasteiger partial charge on any atom is 0.253 e. The van der Waals surface area contributed by atoms with E-state index in [4.69, 9.17) is 0 Å². The molecule has 4 heteroatoms. The van der Waals surface area contributed by atoms with E-state index in [-0.39, 0.29) is 5.91 Å². The molecule has 128 valence electrons. The summed E-state index contributed by atoms with van der Waals surface area (Å²) >= 11 is 0. The summed E-state index contributed by atoms with van der Waals surface area (Å²) in [6.45, 7) is 8.62. The molecule has 1 amide bonds. The minimum atomic E-state index is -1.07. The van der Waals surface area contributed by atoms with E-state index in [1.165, 1.54) is 13.0 Å². The summed E-state index contributed by atoms with van der Waals surface area (Å²) in [6.07, 6.45) is 2.44. The van der Waals surface area contributed by atoms with Crippen molar-refractivity contribution in [2.45, 2.75) is 39.2 Å². The zero-order valence-electron chi connectivity index (χ0n) is 14.4. The van der Waals surface area contributed by atoms with E-state index in [1.807, 2.05) is 18.2 Å². The average Bonchev–Trinajstić information content (AvgIpc) is 2.58. The van der Waals surface area contributed by atoms with Gasteiger partial charge in [-0.3, -0.25) is 4.79 Å². The fourth-order valence-corrected chi connectivity index (χ4v) is 2.98. The second-order valence-electron chi connectivity index (χ2n) is 7.03. The Morgan fingerprint density at radius 3 is 2.52 bits per heavy atom. The molecular weight excluding hydrogens is 288 g/mol. The minimum absolute atomic E-state index is 0.293. The van der Waals surface area contributed by atoms with E-state index in [0.717, 1.165) is 31.8 Å². The highest BCUT2D eigenvalue weighted by molar-refractivity contribution is 5.81. The van der Waals surface area contributed by atoms with Crippen molar-refractivity contribution in [2.75, 3.05) is 26.2 Å². The van der Waals surface area contributed by atoms with Crippen LogP contribution in [-0.2, 0) is 4.79 Å². The molecule has 0 radical (unpaired) electrons. The molecule has 1 fully saturated rings. The predicted molar refractivity (Wildman–Crippen MR) is 93.0 cm³/mol. The third-order valence-electron chi connectivity index (χ3n) is 4.66. The number of aliphatic hydroxyl groups is 1. The second-order valence-corrected chi connectivity index (χ2v) is 7.03. The van der Waals surface area contributed by atoms with Crippen LogP contribution in [0.3, 0.4) is 0 Å². The molecule has 23 heavy (non-hydrogen) atoms. The first-order chi connectivity index (χ1) is 11.1. The van der Waals surface area contributed by atoms with Crippen molar-refractivity contribution in [1.29, 1.82) is 0 Å². The van der Waals surface area contributed by atoms with Gasteiger partial charge in [-0.15, -0.1) is 0 Å². The monoisotopic (exact) mass is 318 g/mol. The van der Waals surface area contributed by atoms with Crippen LogP contribution in [0.4, 0.5) is 0 Å². The first-order valence-electron chi connectivity index (χ1n) is 8.79. The van der Waals surface area contributed by atoms with Crippen LogP contribution >= 0.6 is 0 Å². The molecule has 0 spiro atoms. The van der Waals surface area contributed by atoms with Gasteiger partial charge in [0, 0.05) is 6.54 Å². The van der Waals surface area contributed by atoms with Crippen LogP contribution < -0.4 is 5.32 Å². The van der Waals surface area contributed by atoms with Crippen molar-refractivity contribution in [3.63, 3.8) is 0 Å². The maximum atomic E-state index is 12.1. The molecule has 1 aromatic carbocycles. The van der Waals surface area contributed by atoms with Gasteiger partial charge in [0.15, 0.2) is 6.10 Å². The first-order valence-corrected chi connectivity index (χ1v) is 8.79. The summed E-state index contributed by atoms with van der Waals surface area (Å²) in [5, 5.41) is 13.0. The Balaban J connectivity index is 1.68. The van der Waals surface area contributed by atoms with Crippen molar-refractivity contribution >= 4 is 5.91 Å². The van der Waals surface area contributed by atoms with Crippen LogP contribution in [0.15, 0.2) is 30.3 Å². The fourth-order valence-electron chi connectivity index (χ4n) is 2.98. The van der Waals surface area contributed by atoms with E-state index in [9.17, 15) is 9.90 Å². The molecule has 1 aromatic rings. The highest BCUT2D eigenvalue weighted by atomic mass is 16.3. The minimum Gasteiger partial charge on any atom is -0.378 e. The number of nitrogens with one attached hydrogen (secondary N) is 1. The van der Waals surface area contributed by atoms with Crippen LogP contribution in [0, 0.1) is 11.8 Å². The topological polar surface area (TPSA) is 52.6 Å². The summed E-state index contributed by atoms with van der Waals surface area (Å²) in [6, 6.07) is 9.09. The number of hydrogen-bond donors (Lipinski definition) is 2. The number of carbonyl (C=O) groups excluding carboxylic acids is 1. The molecule has 1 aliphatic heterocycles. The number of benzene rings is 1. The third-order valence-corrected chi connectivity index (χ3v) is 4.66. The molecule has 4 nitrogen and oxygen atoms in total. The number of likely N-dealkylation sites (tertiary alicyclic amines) is 1. The van der Waals surface area contributed by atoms with E-state index in [2.05, 4.69) is 24.1 Å². The van der Waals surface area contributed by atoms with Gasteiger partial charge in [0.1, 0.15) is 0 Å². The predicted octanol–water partition coefficient (Wildman–Crippen LogP) is 2.59. The van der Waals surface area contributed by atoms with Gasteiger partial charge < -0.3 is 15.3 Å². The maximum absolute atomic E-state index is 12.1. The molecule has 1 unspecified atom stereocenters. The van der Waals surface area contributed by atoms with Crippen molar-refractivity contribution < 1.29 is 9.90 Å². The van der Waals surface area contributed by atoms with E-state index < -0.39 is 6.10 Å². The third kappa shape index (κ3) is 5.96. The number of hydrogen-bond acceptors (Lipinski definition) is 3. The van der Waals surface area contributed by atoms with Crippen molar-refractivity contribution in [2.24, 2.45) is 11.8 Å². The number of amides is 1. The number of piperidine rings is 1. The van der Waals surface area contributed by atoms with Crippen LogP contribution in [0.2, 0.25) is 0 Å². The second kappa shape index (κ2) is 9.04. The number of aliphatic hydroxyl groups excluding tert-OH is 1. The fraction of sp³-hybridized carbons (Fsp3) is 0.632. The zero-order chi connectivity index (χ0) is 16.7. The van der Waals surface area contributed by atoms with Gasteiger partial charge in [0.25, 0.3) is 5.91 Å². The summed E-state index contributed by atoms with van der Waals surface area (Å²) in [4.78, 5) is 14.6. The Labute approximate surface area is 139 Å². The smallest absolute Gasteiger partial charge is 0.253 e. The lowest BCUT2D eigenvalue weighted by molar-refractivity contribution is -0.129. The van der Waals surface area contributed by atoms with Crippen molar-refractivity contribution in [1.82, 2.24) is 10.2 Å². The Bertz CT molecular complexity index is 468. The lowest BCUT2D eigenvalue weighted by Crippen LogP contribution is -2.40. The van der Waals surface area contributed by atoms with E-state index >= 15 is 0 Å². The van der Waals surface area contributed by atoms with Crippen LogP contribution in [0.5, 0.6) is 0 Å². The largest absolute Gasteiger partial charge is 0.378 e. The summed E-state index contributed by atoms with van der Waals surface area (Å²) in [7, 11) is 0. The molecule has 1 saturated heterocycles. The van der Waals surface area contributed by atoms with E-state index in [1.54, 1.807) is 12.1 Å². The summed E-state index contributed by atoms with van der Waals surface area (Å²) < 4.78 is 0. The summed E-state index contributed by atoms with van der Waals surface area (Å²) in [5.74, 6) is 0.988. The van der Waals surface area contributed by atoms with Gasteiger partial charge in [-0.25, -0.2) is 0 Å². The molecule has 2 N–H and O–H groups in total. The van der Waals surface area contributed by atoms with Gasteiger partial charge in [-0.05, 0) is 56.3 Å². The van der Waals surface area contributed by atoms with Gasteiger partial charge in [0.05, 0.1) is 0 Å². The normalized spacial score (nSPS) is 18.1. The van der Waals surface area contributed by atoms with Gasteiger partial charge >= 0.3 is 0 Å². The van der Waals surface area contributed by atoms with Crippen molar-refractivity contribution in [3.05, 3.63) is 35.9 Å². The molecule has 1 heterocycles. The number of rotatable bonds is 7. The highest BCUT2D eigenvalue weighted by Crippen LogP contribution is 2.18. The van der Waals surface area contributed by atoms with Crippen molar-refractivity contribution in [3.8, 4) is 0 Å². The standard InChI is InChI=1S/C19H30N2O2/c1-15(2)8-11-21-12-9-16(10-13-21)14-20-19(23)18(22)17-6-4-3-5-7-17/h3-7,15-16,18,22H,8-14H2,1-2H3,(H,20,23). The zero-order valence-corrected chi connectivity index (χ0v) is 14.4. The van der Waals surface area contributed by atoms with Crippen LogP contribution in [0.1, 0.15) is 44.8 Å². The Hall–Kier alpha value is -1.39. The molecule has 0 aromatic heterocycles. The van der Waals surface area contributed by atoms with Gasteiger partial charge in [-0.1, -0.05) is 44.2 Å². The van der Waals surface area contributed by atoms with Gasteiger partial charge in [0.2, 0.25) is 0 Å². The first kappa shape index (κ1) is 18.0. The quantitative estimate of drug-likeness (QED) is 0.812. The number of nitrogens with zero attached hydrogens (tertiary/aromatic N) is 1. The summed E-state index contributed by atoms with van der Waals surface area (Å²) in [5.41, 5.74) is 0.647. The Morgan fingerprint density at radius 1 is 1.26 bits per heavy atom. The Kier molecular flexibility index (Phi) is 7.06. The molecule has 0 saturated carbocycles. The Morgan fingerprint density at radius 2 is 1.91 bits per heavy atom. The SMILES string of the molecule is CC(C)CCN1CCC(CNC(=O)C(O)c2ccccc2)CC1. The molecule has 0 bridgehead atoms. The molecular formula is C19H30N2O2. The van der Waals surface area contributed by atoms with Crippen LogP contribution in [0.25, 0.3) is 0 Å². The molecule has 2 rings (SSSR count). The molecule has 1 atom stereocenters. The van der Waals surface area contributed by atoms with E-state index in [0.29, 0.717) is 18.0 Å².